The number of rotatable bonds is 4. The first kappa shape index (κ1) is 22.8. The van der Waals surface area contributed by atoms with E-state index in [4.69, 9.17) is 0 Å². The topological polar surface area (TPSA) is 81.8 Å². The highest BCUT2D eigenvalue weighted by Gasteiger charge is 2.30. The summed E-state index contributed by atoms with van der Waals surface area (Å²) in [5.74, 6) is -0.170. The second-order valence-corrected chi connectivity index (χ2v) is 8.84. The number of urea groups is 1. The maximum atomic E-state index is 12.8. The second kappa shape index (κ2) is 10.5. The highest BCUT2D eigenvalue weighted by Crippen LogP contribution is 2.32. The largest absolute Gasteiger partial charge is 0.335 e. The molecule has 33 heavy (non-hydrogen) atoms. The number of carbonyl (C=O) groups is 3. The normalized spacial score (nSPS) is 18.2. The van der Waals surface area contributed by atoms with Crippen molar-refractivity contribution in [3.05, 3.63) is 59.7 Å². The Morgan fingerprint density at radius 3 is 2.15 bits per heavy atom. The van der Waals surface area contributed by atoms with Gasteiger partial charge in [0.25, 0.3) is 0 Å². The minimum atomic E-state index is -0.264. The second-order valence-electron chi connectivity index (χ2n) is 8.84. The predicted molar refractivity (Wildman–Crippen MR) is 129 cm³/mol. The molecule has 7 heteroatoms. The number of nitrogens with one attached hydrogen (secondary N) is 2. The van der Waals surface area contributed by atoms with Crippen molar-refractivity contribution < 1.29 is 14.4 Å². The van der Waals surface area contributed by atoms with Crippen molar-refractivity contribution in [2.45, 2.75) is 51.5 Å². The maximum Gasteiger partial charge on any atom is 0.321 e. The summed E-state index contributed by atoms with van der Waals surface area (Å²) in [5, 5.41) is 5.88. The van der Waals surface area contributed by atoms with Crippen molar-refractivity contribution in [3.63, 3.8) is 0 Å². The third kappa shape index (κ3) is 5.72. The Labute approximate surface area is 195 Å². The van der Waals surface area contributed by atoms with E-state index in [2.05, 4.69) is 16.7 Å². The molecule has 4 rings (SSSR count). The van der Waals surface area contributed by atoms with Crippen LogP contribution in [0, 0.1) is 0 Å². The zero-order valence-electron chi connectivity index (χ0n) is 19.2. The Morgan fingerprint density at radius 1 is 0.848 bits per heavy atom. The zero-order valence-corrected chi connectivity index (χ0v) is 19.2. The monoisotopic (exact) mass is 448 g/mol. The van der Waals surface area contributed by atoms with E-state index in [0.29, 0.717) is 17.9 Å². The molecule has 2 aliphatic rings. The first-order chi connectivity index (χ1) is 16.0. The highest BCUT2D eigenvalue weighted by atomic mass is 16.2. The van der Waals surface area contributed by atoms with E-state index in [9.17, 15) is 14.4 Å². The van der Waals surface area contributed by atoms with E-state index in [1.165, 1.54) is 18.4 Å². The van der Waals surface area contributed by atoms with Crippen LogP contribution in [0.4, 0.5) is 16.2 Å². The van der Waals surface area contributed by atoms with E-state index in [-0.39, 0.29) is 30.3 Å². The van der Waals surface area contributed by atoms with E-state index in [1.54, 1.807) is 36.1 Å². The van der Waals surface area contributed by atoms with Crippen LogP contribution in [0.25, 0.3) is 0 Å². The number of hydrogen-bond acceptors (Lipinski definition) is 3. The van der Waals surface area contributed by atoms with Crippen molar-refractivity contribution in [2.75, 3.05) is 30.3 Å². The number of likely N-dealkylation sites (tertiary alicyclic amines) is 1. The van der Waals surface area contributed by atoms with Crippen molar-refractivity contribution in [3.8, 4) is 0 Å². The summed E-state index contributed by atoms with van der Waals surface area (Å²) in [7, 11) is 0. The Balaban J connectivity index is 1.36. The van der Waals surface area contributed by atoms with E-state index < -0.39 is 0 Å². The van der Waals surface area contributed by atoms with Crippen molar-refractivity contribution in [1.82, 2.24) is 9.80 Å². The maximum absolute atomic E-state index is 12.8. The van der Waals surface area contributed by atoms with Crippen molar-refractivity contribution >= 4 is 29.2 Å². The van der Waals surface area contributed by atoms with Crippen molar-refractivity contribution in [1.29, 1.82) is 0 Å². The number of hydrogen-bond donors (Lipinski definition) is 2. The standard InChI is InChI=1S/C26H32N4O3/c1-19(31)30-17-14-20-8-4-5-9-23(20)24(30)18-25(32)27-21-10-12-22(13-11-21)28-26(33)29-15-6-2-3-7-16-29/h4-5,8-13,24H,2-3,6-7,14-18H2,1H3,(H,27,32)(H,28,33). The van der Waals surface area contributed by atoms with Gasteiger partial charge < -0.3 is 20.4 Å². The van der Waals surface area contributed by atoms with Crippen LogP contribution in [0.15, 0.2) is 48.5 Å². The molecule has 0 spiro atoms. The van der Waals surface area contributed by atoms with Gasteiger partial charge in [-0.2, -0.15) is 0 Å². The molecule has 2 aliphatic heterocycles. The highest BCUT2D eigenvalue weighted by molar-refractivity contribution is 5.93. The van der Waals surface area contributed by atoms with Crippen LogP contribution in [0.1, 0.15) is 56.2 Å². The Bertz CT molecular complexity index is 997. The number of fused-ring (bicyclic) bond motifs is 1. The van der Waals surface area contributed by atoms with Gasteiger partial charge in [-0.3, -0.25) is 9.59 Å². The third-order valence-corrected chi connectivity index (χ3v) is 6.51. The molecule has 0 saturated carbocycles. The summed E-state index contributed by atoms with van der Waals surface area (Å²) in [4.78, 5) is 41.2. The summed E-state index contributed by atoms with van der Waals surface area (Å²) in [6.45, 7) is 3.76. The van der Waals surface area contributed by atoms with Crippen LogP contribution >= 0.6 is 0 Å². The minimum Gasteiger partial charge on any atom is -0.335 e. The molecule has 2 N–H and O–H groups in total. The van der Waals surface area contributed by atoms with Crippen LogP contribution in [-0.4, -0.2) is 47.3 Å². The number of nitrogens with zero attached hydrogens (tertiary/aromatic N) is 2. The molecule has 2 aromatic rings. The van der Waals surface area contributed by atoms with Gasteiger partial charge in [0.1, 0.15) is 0 Å². The summed E-state index contributed by atoms with van der Waals surface area (Å²) in [5.41, 5.74) is 3.59. The molecular formula is C26H32N4O3. The van der Waals surface area contributed by atoms with Gasteiger partial charge in [-0.15, -0.1) is 0 Å². The predicted octanol–water partition coefficient (Wildman–Crippen LogP) is 4.57. The first-order valence-corrected chi connectivity index (χ1v) is 11.8. The van der Waals surface area contributed by atoms with Crippen LogP contribution in [-0.2, 0) is 16.0 Å². The quantitative estimate of drug-likeness (QED) is 0.719. The zero-order chi connectivity index (χ0) is 23.2. The fraction of sp³-hybridized carbons (Fsp3) is 0.423. The van der Waals surface area contributed by atoms with Crippen molar-refractivity contribution in [2.24, 2.45) is 0 Å². The summed E-state index contributed by atoms with van der Waals surface area (Å²) in [6.07, 6.45) is 5.45. The van der Waals surface area contributed by atoms with Gasteiger partial charge in [0, 0.05) is 37.9 Å². The summed E-state index contributed by atoms with van der Waals surface area (Å²) < 4.78 is 0. The molecule has 1 atom stereocenters. The van der Waals surface area contributed by atoms with Gasteiger partial charge in [0.05, 0.1) is 12.5 Å². The SMILES string of the molecule is CC(=O)N1CCc2ccccc2C1CC(=O)Nc1ccc(NC(=O)N2CCCCCC2)cc1. The van der Waals surface area contributed by atoms with E-state index in [0.717, 1.165) is 37.9 Å². The molecule has 0 aliphatic carbocycles. The lowest BCUT2D eigenvalue weighted by atomic mass is 9.90. The van der Waals surface area contributed by atoms with E-state index >= 15 is 0 Å². The van der Waals surface area contributed by atoms with E-state index in [1.807, 2.05) is 23.1 Å². The molecule has 1 saturated heterocycles. The Hall–Kier alpha value is -3.35. The smallest absolute Gasteiger partial charge is 0.321 e. The fourth-order valence-electron chi connectivity index (χ4n) is 4.75. The molecule has 1 fully saturated rings. The van der Waals surface area contributed by atoms with Crippen LogP contribution in [0.5, 0.6) is 0 Å². The lowest BCUT2D eigenvalue weighted by Crippen LogP contribution is -2.40. The molecule has 7 nitrogen and oxygen atoms in total. The number of carbonyl (C=O) groups excluding carboxylic acids is 3. The Kier molecular flexibility index (Phi) is 7.27. The molecular weight excluding hydrogens is 416 g/mol. The fourth-order valence-corrected chi connectivity index (χ4v) is 4.75. The molecule has 2 aromatic carbocycles. The number of amides is 4. The van der Waals surface area contributed by atoms with Gasteiger partial charge in [0.2, 0.25) is 11.8 Å². The Morgan fingerprint density at radius 2 is 1.48 bits per heavy atom. The summed E-state index contributed by atoms with van der Waals surface area (Å²) in [6, 6.07) is 14.8. The average molecular weight is 449 g/mol. The molecule has 0 bridgehead atoms. The molecule has 0 aromatic heterocycles. The van der Waals surface area contributed by atoms with Gasteiger partial charge in [0.15, 0.2) is 0 Å². The van der Waals surface area contributed by atoms with Crippen LogP contribution < -0.4 is 10.6 Å². The summed E-state index contributed by atoms with van der Waals surface area (Å²) >= 11 is 0. The molecule has 1 unspecified atom stereocenters. The minimum absolute atomic E-state index is 0.0215. The molecule has 174 valence electrons. The van der Waals surface area contributed by atoms with Gasteiger partial charge in [-0.25, -0.2) is 4.79 Å². The first-order valence-electron chi connectivity index (χ1n) is 11.8. The number of benzene rings is 2. The van der Waals surface area contributed by atoms with Gasteiger partial charge >= 0.3 is 6.03 Å². The number of anilines is 2. The van der Waals surface area contributed by atoms with Crippen LogP contribution in [0.2, 0.25) is 0 Å². The lowest BCUT2D eigenvalue weighted by Gasteiger charge is -2.36. The third-order valence-electron chi connectivity index (χ3n) is 6.51. The molecule has 2 heterocycles. The molecule has 0 radical (unpaired) electrons. The lowest BCUT2D eigenvalue weighted by molar-refractivity contribution is -0.132. The average Bonchev–Trinajstić information content (AvgIpc) is 3.10. The van der Waals surface area contributed by atoms with Gasteiger partial charge in [-0.05, 0) is 54.7 Å². The molecule has 4 amide bonds. The van der Waals surface area contributed by atoms with Crippen LogP contribution in [0.3, 0.4) is 0 Å². The van der Waals surface area contributed by atoms with Gasteiger partial charge in [-0.1, -0.05) is 37.1 Å².